The minimum Gasteiger partial charge on any atom is -1.00 e. The molecule has 0 amide bonds. The quantitative estimate of drug-likeness (QED) is 0.326. The Morgan fingerprint density at radius 2 is 2.17 bits per heavy atom. The maximum atomic E-state index is 5.30. The molecule has 0 N–H and O–H groups in total. The Kier molecular flexibility index (Phi) is 16.4. The van der Waals surface area contributed by atoms with Gasteiger partial charge in [0.05, 0.1) is 0 Å². The van der Waals surface area contributed by atoms with Crippen LogP contribution in [0.3, 0.4) is 0 Å². The first-order chi connectivity index (χ1) is 2.41. The first-order valence-electron chi connectivity index (χ1n) is 1.97. The van der Waals surface area contributed by atoms with E-state index in [2.05, 4.69) is 6.92 Å². The van der Waals surface area contributed by atoms with Crippen LogP contribution in [0.4, 0.5) is 0 Å². The summed E-state index contributed by atoms with van der Waals surface area (Å²) in [5.74, 6) is 0.816. The average Bonchev–Trinajstić information content (AvgIpc) is 1.41. The maximum absolute atomic E-state index is 5.30. The third-order valence-corrected chi connectivity index (χ3v) is 0.754. The second-order valence-corrected chi connectivity index (χ2v) is 1.42. The van der Waals surface area contributed by atoms with Crippen LogP contribution in [-0.2, 0) is 0 Å². The monoisotopic (exact) mass is 116 g/mol. The molecule has 0 saturated carbocycles. The van der Waals surface area contributed by atoms with Crippen LogP contribution >= 0.6 is 11.6 Å². The molecule has 0 aliphatic heterocycles. The van der Waals surface area contributed by atoms with Crippen LogP contribution in [0.25, 0.3) is 0 Å². The first kappa shape index (κ1) is 10.3. The van der Waals surface area contributed by atoms with E-state index in [4.69, 9.17) is 11.6 Å². The van der Waals surface area contributed by atoms with Crippen molar-refractivity contribution in [1.29, 1.82) is 0 Å². The normalized spacial score (nSPS) is 7.00. The van der Waals surface area contributed by atoms with E-state index in [0.29, 0.717) is 0 Å². The summed E-state index contributed by atoms with van der Waals surface area (Å²) in [6, 6.07) is 0. The summed E-state index contributed by atoms with van der Waals surface area (Å²) < 4.78 is 0. The van der Waals surface area contributed by atoms with Gasteiger partial charge in [-0.05, 0) is 6.42 Å². The van der Waals surface area contributed by atoms with E-state index in [9.17, 15) is 0 Å². The summed E-state index contributed by atoms with van der Waals surface area (Å²) >= 11 is 5.30. The predicted molar refractivity (Wildman–Crippen MR) is 26.7 cm³/mol. The molecule has 34 valence electrons. The number of rotatable bonds is 2. The summed E-state index contributed by atoms with van der Waals surface area (Å²) in [5.41, 5.74) is 0. The summed E-state index contributed by atoms with van der Waals surface area (Å²) in [6.45, 7) is 2.13. The van der Waals surface area contributed by atoms with Crippen LogP contribution in [0, 0.1) is 0 Å². The van der Waals surface area contributed by atoms with Crippen LogP contribution in [0.5, 0.6) is 0 Å². The average molecular weight is 117 g/mol. The number of unbranched alkanes of at least 4 members (excludes halogenated alkanes) is 1. The number of hydrogen-bond acceptors (Lipinski definition) is 0. The van der Waals surface area contributed by atoms with Gasteiger partial charge in [0.1, 0.15) is 0 Å². The molecule has 0 spiro atoms. The van der Waals surface area contributed by atoms with Gasteiger partial charge in [0.2, 0.25) is 0 Å². The standard InChI is InChI=1S/C4H9Cl.Na.H/c1-2-3-4-5;;/h2-4H2,1H3;;/q;+1;-1. The van der Waals surface area contributed by atoms with Crippen molar-refractivity contribution in [3.8, 4) is 0 Å². The molecule has 0 aliphatic rings. The van der Waals surface area contributed by atoms with Gasteiger partial charge in [0.15, 0.2) is 0 Å². The number of hydrogen-bond donors (Lipinski definition) is 0. The van der Waals surface area contributed by atoms with Crippen molar-refractivity contribution in [3.63, 3.8) is 0 Å². The molecule has 0 heterocycles. The summed E-state index contributed by atoms with van der Waals surface area (Å²) in [5, 5.41) is 0. The zero-order chi connectivity index (χ0) is 4.12. The van der Waals surface area contributed by atoms with E-state index < -0.39 is 0 Å². The number of alkyl halides is 1. The third-order valence-electron chi connectivity index (χ3n) is 0.487. The Morgan fingerprint density at radius 1 is 1.67 bits per heavy atom. The first-order valence-corrected chi connectivity index (χ1v) is 2.51. The van der Waals surface area contributed by atoms with Gasteiger partial charge in [-0.3, -0.25) is 0 Å². The van der Waals surface area contributed by atoms with E-state index in [1.165, 1.54) is 6.42 Å². The van der Waals surface area contributed by atoms with E-state index in [0.717, 1.165) is 12.3 Å². The van der Waals surface area contributed by atoms with Gasteiger partial charge in [0, 0.05) is 5.88 Å². The van der Waals surface area contributed by atoms with Crippen molar-refractivity contribution >= 4 is 11.6 Å². The third kappa shape index (κ3) is 8.99. The van der Waals surface area contributed by atoms with Crippen LogP contribution in [-0.4, -0.2) is 5.88 Å². The number of halogens is 1. The Hall–Kier alpha value is 1.29. The van der Waals surface area contributed by atoms with Gasteiger partial charge in [-0.25, -0.2) is 0 Å². The predicted octanol–water partition coefficient (Wildman–Crippen LogP) is -0.858. The van der Waals surface area contributed by atoms with Gasteiger partial charge in [-0.2, -0.15) is 0 Å². The summed E-state index contributed by atoms with van der Waals surface area (Å²) in [7, 11) is 0. The van der Waals surface area contributed by atoms with E-state index >= 15 is 0 Å². The summed E-state index contributed by atoms with van der Waals surface area (Å²) in [6.07, 6.45) is 2.37. The van der Waals surface area contributed by atoms with Gasteiger partial charge in [-0.15, -0.1) is 11.6 Å². The molecule has 0 unspecified atom stereocenters. The fourth-order valence-electron chi connectivity index (χ4n) is 0.134. The smallest absolute Gasteiger partial charge is 1.00 e. The molecule has 0 atom stereocenters. The van der Waals surface area contributed by atoms with E-state index in [1.54, 1.807) is 0 Å². The van der Waals surface area contributed by atoms with Gasteiger partial charge in [0.25, 0.3) is 0 Å². The van der Waals surface area contributed by atoms with Crippen molar-refractivity contribution in [1.82, 2.24) is 0 Å². The Morgan fingerprint density at radius 3 is 2.17 bits per heavy atom. The van der Waals surface area contributed by atoms with Crippen LogP contribution in [0.2, 0.25) is 0 Å². The fourth-order valence-corrected chi connectivity index (χ4v) is 0.401. The molecule has 0 saturated heterocycles. The van der Waals surface area contributed by atoms with Gasteiger partial charge >= 0.3 is 29.6 Å². The molecular weight excluding hydrogens is 106 g/mol. The van der Waals surface area contributed by atoms with E-state index in [-0.39, 0.29) is 31.0 Å². The molecule has 0 radical (unpaired) electrons. The van der Waals surface area contributed by atoms with Gasteiger partial charge < -0.3 is 1.43 Å². The van der Waals surface area contributed by atoms with Crippen molar-refractivity contribution in [2.24, 2.45) is 0 Å². The zero-order valence-electron chi connectivity index (χ0n) is 5.50. The van der Waals surface area contributed by atoms with Crippen molar-refractivity contribution in [2.45, 2.75) is 19.8 Å². The molecule has 0 nitrogen and oxygen atoms in total. The molecule has 0 aliphatic carbocycles. The molecule has 0 fully saturated rings. The van der Waals surface area contributed by atoms with Crippen LogP contribution in [0.15, 0.2) is 0 Å². The molecule has 0 rings (SSSR count). The summed E-state index contributed by atoms with van der Waals surface area (Å²) in [4.78, 5) is 0. The topological polar surface area (TPSA) is 0 Å². The van der Waals surface area contributed by atoms with E-state index in [1.807, 2.05) is 0 Å². The fraction of sp³-hybridized carbons (Fsp3) is 1.00. The molecule has 0 aromatic heterocycles. The Balaban J connectivity index is -0.0000000800. The van der Waals surface area contributed by atoms with Crippen LogP contribution < -0.4 is 29.6 Å². The minimum atomic E-state index is 0. The van der Waals surface area contributed by atoms with Crippen molar-refractivity contribution in [2.75, 3.05) is 5.88 Å². The molecule has 0 aromatic rings. The Bertz CT molecular complexity index is 19.2. The van der Waals surface area contributed by atoms with Crippen molar-refractivity contribution in [3.05, 3.63) is 0 Å². The second kappa shape index (κ2) is 9.56. The van der Waals surface area contributed by atoms with Gasteiger partial charge in [-0.1, -0.05) is 13.3 Å². The zero-order valence-corrected chi connectivity index (χ0v) is 7.26. The van der Waals surface area contributed by atoms with Crippen molar-refractivity contribution < 1.29 is 31.0 Å². The minimum absolute atomic E-state index is 0. The molecule has 0 aromatic carbocycles. The molecule has 6 heavy (non-hydrogen) atoms. The SMILES string of the molecule is CCCCCl.[H-].[Na+]. The maximum Gasteiger partial charge on any atom is 1.00 e. The molecular formula is C4H10ClNa. The van der Waals surface area contributed by atoms with Crippen LogP contribution in [0.1, 0.15) is 21.2 Å². The Labute approximate surface area is 68.0 Å². The molecule has 2 heteroatoms. The molecule has 0 bridgehead atoms. The largest absolute Gasteiger partial charge is 1.00 e. The second-order valence-electron chi connectivity index (χ2n) is 1.04.